The average molecular weight is 302 g/mol. The molecular formula is C15H22N6O. The standard InChI is InChI=1S/C15H22N6O/c1-19(12-13-20-10-2-6-17-20)14(22)15(4-8-16-9-5-15)21-11-3-7-18-21/h2-3,6-7,10-11,16H,4-5,8-9,12-13H2,1H3. The summed E-state index contributed by atoms with van der Waals surface area (Å²) in [4.78, 5) is 14.9. The molecule has 0 aliphatic carbocycles. The summed E-state index contributed by atoms with van der Waals surface area (Å²) in [5, 5.41) is 11.9. The Morgan fingerprint density at radius 1 is 1.23 bits per heavy atom. The van der Waals surface area contributed by atoms with Crippen LogP contribution in [0.15, 0.2) is 36.9 Å². The van der Waals surface area contributed by atoms with Crippen molar-refractivity contribution in [2.24, 2.45) is 0 Å². The largest absolute Gasteiger partial charge is 0.342 e. The monoisotopic (exact) mass is 302 g/mol. The van der Waals surface area contributed by atoms with Crippen LogP contribution in [0, 0.1) is 0 Å². The Labute approximate surface area is 129 Å². The third-order valence-corrected chi connectivity index (χ3v) is 4.34. The van der Waals surface area contributed by atoms with Gasteiger partial charge >= 0.3 is 0 Å². The molecule has 1 saturated heterocycles. The Kier molecular flexibility index (Phi) is 4.24. The van der Waals surface area contributed by atoms with Crippen molar-refractivity contribution >= 4 is 5.91 Å². The average Bonchev–Trinajstić information content (AvgIpc) is 3.25. The van der Waals surface area contributed by atoms with Gasteiger partial charge < -0.3 is 10.2 Å². The highest BCUT2D eigenvalue weighted by Crippen LogP contribution is 2.29. The normalized spacial score (nSPS) is 17.3. The number of hydrogen-bond acceptors (Lipinski definition) is 4. The van der Waals surface area contributed by atoms with Gasteiger partial charge in [0, 0.05) is 38.4 Å². The topological polar surface area (TPSA) is 68.0 Å². The molecule has 0 unspecified atom stereocenters. The molecule has 0 aromatic carbocycles. The Morgan fingerprint density at radius 3 is 2.59 bits per heavy atom. The van der Waals surface area contributed by atoms with E-state index in [1.165, 1.54) is 0 Å². The molecule has 22 heavy (non-hydrogen) atoms. The maximum absolute atomic E-state index is 13.1. The lowest BCUT2D eigenvalue weighted by Gasteiger charge is -2.39. The third-order valence-electron chi connectivity index (χ3n) is 4.34. The van der Waals surface area contributed by atoms with E-state index in [9.17, 15) is 4.79 Å². The molecule has 0 radical (unpaired) electrons. The molecule has 118 valence electrons. The van der Waals surface area contributed by atoms with Crippen molar-refractivity contribution in [3.8, 4) is 0 Å². The van der Waals surface area contributed by atoms with Gasteiger partial charge in [0.1, 0.15) is 5.54 Å². The molecule has 1 aliphatic rings. The van der Waals surface area contributed by atoms with Crippen LogP contribution in [0.25, 0.3) is 0 Å². The van der Waals surface area contributed by atoms with Gasteiger partial charge in [-0.1, -0.05) is 0 Å². The molecule has 1 fully saturated rings. The molecule has 3 rings (SSSR count). The van der Waals surface area contributed by atoms with Crippen LogP contribution in [0.4, 0.5) is 0 Å². The maximum Gasteiger partial charge on any atom is 0.250 e. The number of aromatic nitrogens is 4. The van der Waals surface area contributed by atoms with Gasteiger partial charge in [-0.05, 0) is 38.1 Å². The molecule has 0 bridgehead atoms. The Hall–Kier alpha value is -2.15. The quantitative estimate of drug-likeness (QED) is 0.863. The molecule has 1 aliphatic heterocycles. The van der Waals surface area contributed by atoms with Crippen molar-refractivity contribution in [1.29, 1.82) is 0 Å². The van der Waals surface area contributed by atoms with Crippen LogP contribution in [0.3, 0.4) is 0 Å². The van der Waals surface area contributed by atoms with Gasteiger partial charge in [0.05, 0.1) is 6.54 Å². The minimum Gasteiger partial charge on any atom is -0.342 e. The second kappa shape index (κ2) is 6.31. The van der Waals surface area contributed by atoms with Crippen molar-refractivity contribution in [2.75, 3.05) is 26.7 Å². The minimum absolute atomic E-state index is 0.129. The summed E-state index contributed by atoms with van der Waals surface area (Å²) in [6.07, 6.45) is 8.82. The number of nitrogens with one attached hydrogen (secondary N) is 1. The molecule has 0 atom stereocenters. The number of nitrogens with zero attached hydrogens (tertiary/aromatic N) is 5. The second-order valence-corrected chi connectivity index (χ2v) is 5.73. The van der Waals surface area contributed by atoms with Crippen molar-refractivity contribution in [2.45, 2.75) is 24.9 Å². The van der Waals surface area contributed by atoms with Crippen LogP contribution in [0.1, 0.15) is 12.8 Å². The second-order valence-electron chi connectivity index (χ2n) is 5.73. The molecule has 1 amide bonds. The zero-order chi connectivity index (χ0) is 15.4. The number of carbonyl (C=O) groups excluding carboxylic acids is 1. The highest BCUT2D eigenvalue weighted by molar-refractivity contribution is 5.84. The fraction of sp³-hybridized carbons (Fsp3) is 0.533. The van der Waals surface area contributed by atoms with E-state index in [0.29, 0.717) is 13.1 Å². The fourth-order valence-corrected chi connectivity index (χ4v) is 3.05. The zero-order valence-corrected chi connectivity index (χ0v) is 12.9. The number of rotatable bonds is 5. The van der Waals surface area contributed by atoms with Crippen LogP contribution in [0.2, 0.25) is 0 Å². The molecule has 0 spiro atoms. The maximum atomic E-state index is 13.1. The summed E-state index contributed by atoms with van der Waals surface area (Å²) in [5.74, 6) is 0.129. The molecular weight excluding hydrogens is 280 g/mol. The lowest BCUT2D eigenvalue weighted by atomic mass is 9.87. The molecule has 1 N–H and O–H groups in total. The first kappa shape index (κ1) is 14.8. The van der Waals surface area contributed by atoms with Crippen molar-refractivity contribution < 1.29 is 4.79 Å². The van der Waals surface area contributed by atoms with Gasteiger partial charge in [-0.15, -0.1) is 0 Å². The van der Waals surface area contributed by atoms with Gasteiger partial charge in [0.25, 0.3) is 0 Å². The Morgan fingerprint density at radius 2 is 1.95 bits per heavy atom. The molecule has 7 heteroatoms. The molecule has 3 heterocycles. The van der Waals surface area contributed by atoms with E-state index in [1.54, 1.807) is 17.3 Å². The van der Waals surface area contributed by atoms with E-state index in [4.69, 9.17) is 0 Å². The van der Waals surface area contributed by atoms with E-state index < -0.39 is 5.54 Å². The Bertz CT molecular complexity index is 586. The SMILES string of the molecule is CN(CCn1cccn1)C(=O)C1(n2cccn2)CCNCC1. The zero-order valence-electron chi connectivity index (χ0n) is 12.9. The lowest BCUT2D eigenvalue weighted by molar-refractivity contribution is -0.142. The highest BCUT2D eigenvalue weighted by Gasteiger charge is 2.43. The summed E-state index contributed by atoms with van der Waals surface area (Å²) in [6.45, 7) is 3.00. The van der Waals surface area contributed by atoms with Crippen LogP contribution in [-0.4, -0.2) is 57.1 Å². The predicted octanol–water partition coefficient (Wildman–Crippen LogP) is 0.317. The van der Waals surface area contributed by atoms with Crippen LogP contribution < -0.4 is 5.32 Å². The summed E-state index contributed by atoms with van der Waals surface area (Å²) < 4.78 is 3.67. The smallest absolute Gasteiger partial charge is 0.250 e. The summed E-state index contributed by atoms with van der Waals surface area (Å²) >= 11 is 0. The number of likely N-dealkylation sites (N-methyl/N-ethyl adjacent to an activating group) is 1. The highest BCUT2D eigenvalue weighted by atomic mass is 16.2. The number of carbonyl (C=O) groups is 1. The van der Waals surface area contributed by atoms with Gasteiger partial charge in [-0.25, -0.2) is 0 Å². The number of hydrogen-bond donors (Lipinski definition) is 1. The van der Waals surface area contributed by atoms with E-state index >= 15 is 0 Å². The first-order chi connectivity index (χ1) is 10.7. The number of amides is 1. The molecule has 2 aromatic rings. The first-order valence-electron chi connectivity index (χ1n) is 7.66. The van der Waals surface area contributed by atoms with E-state index in [2.05, 4.69) is 15.5 Å². The summed E-state index contributed by atoms with van der Waals surface area (Å²) in [5.41, 5.74) is -0.562. The van der Waals surface area contributed by atoms with Crippen molar-refractivity contribution in [3.05, 3.63) is 36.9 Å². The lowest BCUT2D eigenvalue weighted by Crippen LogP contribution is -2.55. The van der Waals surface area contributed by atoms with Gasteiger partial charge in [-0.3, -0.25) is 14.2 Å². The molecule has 2 aromatic heterocycles. The van der Waals surface area contributed by atoms with E-state index in [-0.39, 0.29) is 5.91 Å². The third kappa shape index (κ3) is 2.76. The molecule has 0 saturated carbocycles. The molecule has 7 nitrogen and oxygen atoms in total. The van der Waals surface area contributed by atoms with Gasteiger partial charge in [0.15, 0.2) is 0 Å². The number of piperidine rings is 1. The predicted molar refractivity (Wildman–Crippen MR) is 82.2 cm³/mol. The van der Waals surface area contributed by atoms with Gasteiger partial charge in [-0.2, -0.15) is 10.2 Å². The van der Waals surface area contributed by atoms with Gasteiger partial charge in [0.2, 0.25) is 5.91 Å². The van der Waals surface area contributed by atoms with Crippen LogP contribution >= 0.6 is 0 Å². The van der Waals surface area contributed by atoms with E-state index in [0.717, 1.165) is 25.9 Å². The van der Waals surface area contributed by atoms with Crippen LogP contribution in [-0.2, 0) is 16.9 Å². The van der Waals surface area contributed by atoms with Crippen molar-refractivity contribution in [3.63, 3.8) is 0 Å². The van der Waals surface area contributed by atoms with E-state index in [1.807, 2.05) is 40.9 Å². The summed E-state index contributed by atoms with van der Waals surface area (Å²) in [7, 11) is 1.86. The fourth-order valence-electron chi connectivity index (χ4n) is 3.05. The summed E-state index contributed by atoms with van der Waals surface area (Å²) in [6, 6.07) is 3.76. The van der Waals surface area contributed by atoms with Crippen LogP contribution in [0.5, 0.6) is 0 Å². The first-order valence-corrected chi connectivity index (χ1v) is 7.66. The minimum atomic E-state index is -0.562. The Balaban J connectivity index is 1.74. The van der Waals surface area contributed by atoms with Crippen molar-refractivity contribution in [1.82, 2.24) is 29.8 Å².